The molecule has 1 saturated heterocycles. The van der Waals surface area contributed by atoms with Gasteiger partial charge in [0.25, 0.3) is 5.91 Å². The van der Waals surface area contributed by atoms with Crippen LogP contribution in [0.3, 0.4) is 0 Å². The van der Waals surface area contributed by atoms with Crippen LogP contribution in [-0.4, -0.2) is 50.4 Å². The van der Waals surface area contributed by atoms with E-state index in [9.17, 15) is 4.79 Å². The minimum Gasteiger partial charge on any atom is -0.467 e. The number of hydrogen-bond donors (Lipinski definition) is 1. The molecular formula is C19H22N2O5. The van der Waals surface area contributed by atoms with E-state index in [2.05, 4.69) is 10.2 Å². The number of furan rings is 1. The molecule has 0 aliphatic carbocycles. The third-order valence-electron chi connectivity index (χ3n) is 4.54. The molecule has 0 atom stereocenters. The number of ether oxygens (including phenoxy) is 3. The summed E-state index contributed by atoms with van der Waals surface area (Å²) in [7, 11) is 0. The first-order valence-electron chi connectivity index (χ1n) is 8.82. The zero-order valence-corrected chi connectivity index (χ0v) is 14.5. The number of hydrogen-bond acceptors (Lipinski definition) is 6. The lowest BCUT2D eigenvalue weighted by atomic mass is 10.1. The van der Waals surface area contributed by atoms with Crippen molar-refractivity contribution < 1.29 is 23.4 Å². The summed E-state index contributed by atoms with van der Waals surface area (Å²) in [6.45, 7) is 4.77. The van der Waals surface area contributed by atoms with Crippen LogP contribution in [0.1, 0.15) is 21.7 Å². The van der Waals surface area contributed by atoms with E-state index in [1.807, 2.05) is 24.3 Å². The maximum atomic E-state index is 12.3. The molecule has 7 heteroatoms. The highest BCUT2D eigenvalue weighted by Gasteiger charge is 2.16. The predicted octanol–water partition coefficient (Wildman–Crippen LogP) is 1.81. The van der Waals surface area contributed by atoms with Crippen molar-refractivity contribution in [3.05, 3.63) is 47.4 Å². The first-order chi connectivity index (χ1) is 12.8. The molecule has 0 spiro atoms. The fourth-order valence-electron chi connectivity index (χ4n) is 3.08. The molecule has 0 unspecified atom stereocenters. The van der Waals surface area contributed by atoms with Gasteiger partial charge in [0.15, 0.2) is 11.5 Å². The minimum absolute atomic E-state index is 0.122. The quantitative estimate of drug-likeness (QED) is 0.849. The Labute approximate surface area is 151 Å². The number of rotatable bonds is 6. The molecule has 2 aliphatic heterocycles. The van der Waals surface area contributed by atoms with E-state index in [0.717, 1.165) is 55.5 Å². The van der Waals surface area contributed by atoms with E-state index in [-0.39, 0.29) is 12.7 Å². The molecule has 3 heterocycles. The second kappa shape index (κ2) is 7.80. The number of morpholine rings is 1. The summed E-state index contributed by atoms with van der Waals surface area (Å²) in [4.78, 5) is 14.5. The van der Waals surface area contributed by atoms with Gasteiger partial charge in [-0.1, -0.05) is 6.07 Å². The number of carbonyl (C=O) groups is 1. The molecule has 7 nitrogen and oxygen atoms in total. The molecule has 2 aromatic rings. The molecule has 0 saturated carbocycles. The molecule has 2 aliphatic rings. The van der Waals surface area contributed by atoms with Gasteiger partial charge in [-0.3, -0.25) is 9.69 Å². The van der Waals surface area contributed by atoms with Crippen LogP contribution in [0.15, 0.2) is 34.9 Å². The van der Waals surface area contributed by atoms with Crippen molar-refractivity contribution in [2.45, 2.75) is 13.0 Å². The first-order valence-corrected chi connectivity index (χ1v) is 8.82. The summed E-state index contributed by atoms with van der Waals surface area (Å²) in [6.07, 6.45) is 2.24. The number of nitrogens with one attached hydrogen (secondary N) is 1. The standard InChI is InChI=1S/C19H22N2O5/c22-19(15-10-16(24-12-15)11-21-5-7-23-8-6-21)20-4-3-14-1-2-17-18(9-14)26-13-25-17/h1-2,9-10,12H,3-8,11,13H2,(H,20,22). The van der Waals surface area contributed by atoms with Gasteiger partial charge < -0.3 is 23.9 Å². The number of fused-ring (bicyclic) bond motifs is 1. The van der Waals surface area contributed by atoms with Crippen molar-refractivity contribution in [2.75, 3.05) is 39.6 Å². The van der Waals surface area contributed by atoms with Crippen molar-refractivity contribution in [3.63, 3.8) is 0 Å². The number of amides is 1. The van der Waals surface area contributed by atoms with E-state index in [0.29, 0.717) is 18.7 Å². The van der Waals surface area contributed by atoms with Gasteiger partial charge >= 0.3 is 0 Å². The summed E-state index contributed by atoms with van der Waals surface area (Å²) in [5, 5.41) is 2.93. The van der Waals surface area contributed by atoms with Gasteiger partial charge in [-0.15, -0.1) is 0 Å². The van der Waals surface area contributed by atoms with Crippen molar-refractivity contribution in [1.29, 1.82) is 0 Å². The van der Waals surface area contributed by atoms with E-state index < -0.39 is 0 Å². The Morgan fingerprint density at radius 1 is 1.12 bits per heavy atom. The highest BCUT2D eigenvalue weighted by Crippen LogP contribution is 2.32. The Hall–Kier alpha value is -2.51. The van der Waals surface area contributed by atoms with Gasteiger partial charge in [0.1, 0.15) is 12.0 Å². The molecule has 138 valence electrons. The van der Waals surface area contributed by atoms with Gasteiger partial charge in [-0.2, -0.15) is 0 Å². The molecule has 1 amide bonds. The second-order valence-corrected chi connectivity index (χ2v) is 6.38. The van der Waals surface area contributed by atoms with Crippen molar-refractivity contribution in [3.8, 4) is 11.5 Å². The van der Waals surface area contributed by atoms with Crippen LogP contribution in [0.5, 0.6) is 11.5 Å². The number of nitrogens with zero attached hydrogens (tertiary/aromatic N) is 1. The average Bonchev–Trinajstić information content (AvgIpc) is 3.31. The third kappa shape index (κ3) is 4.00. The normalized spacial score (nSPS) is 16.6. The second-order valence-electron chi connectivity index (χ2n) is 6.38. The van der Waals surface area contributed by atoms with Gasteiger partial charge in [0.2, 0.25) is 6.79 Å². The molecule has 0 radical (unpaired) electrons. The lowest BCUT2D eigenvalue weighted by molar-refractivity contribution is 0.0313. The van der Waals surface area contributed by atoms with Crippen LogP contribution in [0.4, 0.5) is 0 Å². The fraction of sp³-hybridized carbons (Fsp3) is 0.421. The molecule has 1 aromatic heterocycles. The summed E-state index contributed by atoms with van der Waals surface area (Å²) < 4.78 is 21.5. The lowest BCUT2D eigenvalue weighted by Gasteiger charge is -2.25. The van der Waals surface area contributed by atoms with E-state index in [1.54, 1.807) is 0 Å². The zero-order valence-electron chi connectivity index (χ0n) is 14.5. The van der Waals surface area contributed by atoms with Crippen LogP contribution >= 0.6 is 0 Å². The molecule has 0 bridgehead atoms. The molecule has 1 aromatic carbocycles. The van der Waals surface area contributed by atoms with Crippen LogP contribution in [0.25, 0.3) is 0 Å². The number of carbonyl (C=O) groups excluding carboxylic acids is 1. The Balaban J connectivity index is 1.25. The minimum atomic E-state index is -0.122. The molecule has 1 fully saturated rings. The van der Waals surface area contributed by atoms with Crippen LogP contribution in [-0.2, 0) is 17.7 Å². The lowest BCUT2D eigenvalue weighted by Crippen LogP contribution is -2.35. The van der Waals surface area contributed by atoms with Crippen LogP contribution in [0, 0.1) is 0 Å². The maximum absolute atomic E-state index is 12.3. The van der Waals surface area contributed by atoms with E-state index >= 15 is 0 Å². The predicted molar refractivity (Wildman–Crippen MR) is 93.4 cm³/mol. The fourth-order valence-corrected chi connectivity index (χ4v) is 3.08. The first kappa shape index (κ1) is 16.9. The third-order valence-corrected chi connectivity index (χ3v) is 4.54. The molecule has 4 rings (SSSR count). The van der Waals surface area contributed by atoms with Crippen molar-refractivity contribution in [2.24, 2.45) is 0 Å². The zero-order chi connectivity index (χ0) is 17.8. The summed E-state index contributed by atoms with van der Waals surface area (Å²) in [5.74, 6) is 2.20. The Kier molecular flexibility index (Phi) is 5.08. The Morgan fingerprint density at radius 3 is 2.85 bits per heavy atom. The molecule has 26 heavy (non-hydrogen) atoms. The van der Waals surface area contributed by atoms with Gasteiger partial charge in [0.05, 0.1) is 25.3 Å². The molecular weight excluding hydrogens is 336 g/mol. The number of benzene rings is 1. The molecule has 1 N–H and O–H groups in total. The monoisotopic (exact) mass is 358 g/mol. The summed E-state index contributed by atoms with van der Waals surface area (Å²) in [6, 6.07) is 7.64. The van der Waals surface area contributed by atoms with E-state index in [1.165, 1.54) is 6.26 Å². The summed E-state index contributed by atoms with van der Waals surface area (Å²) >= 11 is 0. The van der Waals surface area contributed by atoms with Crippen LogP contribution < -0.4 is 14.8 Å². The van der Waals surface area contributed by atoms with Crippen molar-refractivity contribution >= 4 is 5.91 Å². The SMILES string of the molecule is O=C(NCCc1ccc2c(c1)OCO2)c1coc(CN2CCOCC2)c1. The average molecular weight is 358 g/mol. The van der Waals surface area contributed by atoms with Gasteiger partial charge in [0, 0.05) is 19.6 Å². The van der Waals surface area contributed by atoms with E-state index in [4.69, 9.17) is 18.6 Å². The largest absolute Gasteiger partial charge is 0.467 e. The van der Waals surface area contributed by atoms with Crippen molar-refractivity contribution in [1.82, 2.24) is 10.2 Å². The maximum Gasteiger partial charge on any atom is 0.254 e. The Bertz CT molecular complexity index is 767. The Morgan fingerprint density at radius 2 is 1.96 bits per heavy atom. The van der Waals surface area contributed by atoms with Gasteiger partial charge in [-0.25, -0.2) is 0 Å². The smallest absolute Gasteiger partial charge is 0.254 e. The van der Waals surface area contributed by atoms with Crippen LogP contribution in [0.2, 0.25) is 0 Å². The highest BCUT2D eigenvalue weighted by atomic mass is 16.7. The van der Waals surface area contributed by atoms with Gasteiger partial charge in [-0.05, 0) is 30.2 Å². The topological polar surface area (TPSA) is 73.2 Å². The highest BCUT2D eigenvalue weighted by molar-refractivity contribution is 5.93. The summed E-state index contributed by atoms with van der Waals surface area (Å²) in [5.41, 5.74) is 1.65.